The molecule has 7 N–H and O–H groups in total. The van der Waals surface area contributed by atoms with E-state index >= 15 is 0 Å². The predicted octanol–water partition coefficient (Wildman–Crippen LogP) is 3.24. The van der Waals surface area contributed by atoms with E-state index in [4.69, 9.17) is 16.2 Å². The van der Waals surface area contributed by atoms with Crippen molar-refractivity contribution in [2.75, 3.05) is 5.32 Å². The third-order valence-corrected chi connectivity index (χ3v) is 5.71. The van der Waals surface area contributed by atoms with Gasteiger partial charge in [0.05, 0.1) is 6.42 Å². The lowest BCUT2D eigenvalue weighted by molar-refractivity contribution is -0.118. The van der Waals surface area contributed by atoms with Crippen LogP contribution in [0.2, 0.25) is 0 Å². The Morgan fingerprint density at radius 2 is 1.82 bits per heavy atom. The van der Waals surface area contributed by atoms with Crippen LogP contribution in [0, 0.1) is 0 Å². The Labute approximate surface area is 227 Å². The maximum atomic E-state index is 12.5. The Hall–Kier alpha value is -3.93. The van der Waals surface area contributed by atoms with E-state index in [9.17, 15) is 14.4 Å². The van der Waals surface area contributed by atoms with Crippen LogP contribution in [0.3, 0.4) is 0 Å². The standard InChI is InChI=1S/C26H37N7O4S/c1-17(34)30-21(28)13-12-20(27)10-5-6-11-23-32-33-24(38-23)31-22(35)15-18-8-7-9-19(14-18)16-29-25(36)37-26(2,3)4/h7-9,12-14H,5-6,10-11,15-16,27-28H2,1-4H3,(H,29,36)(H,30,34)(H,31,33,35)/b20-12-,21-13+. The molecule has 0 aliphatic rings. The number of ether oxygens (including phenoxy) is 1. The third kappa shape index (κ3) is 12.9. The van der Waals surface area contributed by atoms with Gasteiger partial charge < -0.3 is 32.2 Å². The molecule has 0 radical (unpaired) electrons. The quantitative estimate of drug-likeness (QED) is 0.200. The number of nitrogens with zero attached hydrogens (tertiary/aromatic N) is 2. The summed E-state index contributed by atoms with van der Waals surface area (Å²) in [6, 6.07) is 7.43. The van der Waals surface area contributed by atoms with Crippen LogP contribution in [0.5, 0.6) is 0 Å². The number of anilines is 1. The van der Waals surface area contributed by atoms with E-state index in [0.29, 0.717) is 23.8 Å². The van der Waals surface area contributed by atoms with Crippen molar-refractivity contribution in [3.63, 3.8) is 0 Å². The molecular weight excluding hydrogens is 506 g/mol. The van der Waals surface area contributed by atoms with Crippen molar-refractivity contribution in [1.29, 1.82) is 0 Å². The van der Waals surface area contributed by atoms with E-state index < -0.39 is 11.7 Å². The van der Waals surface area contributed by atoms with Crippen molar-refractivity contribution in [2.45, 2.75) is 71.9 Å². The normalized spacial score (nSPS) is 12.1. The van der Waals surface area contributed by atoms with Crippen LogP contribution in [-0.2, 0) is 33.7 Å². The van der Waals surface area contributed by atoms with E-state index in [1.54, 1.807) is 32.9 Å². The summed E-state index contributed by atoms with van der Waals surface area (Å²) in [7, 11) is 0. The molecule has 1 aromatic heterocycles. The van der Waals surface area contributed by atoms with Crippen molar-refractivity contribution in [3.8, 4) is 0 Å². The molecule has 3 amide bonds. The zero-order valence-electron chi connectivity index (χ0n) is 22.3. The molecule has 1 heterocycles. The number of rotatable bonds is 12. The molecule has 11 nitrogen and oxygen atoms in total. The lowest BCUT2D eigenvalue weighted by Crippen LogP contribution is -2.32. The number of benzene rings is 1. The van der Waals surface area contributed by atoms with Gasteiger partial charge >= 0.3 is 6.09 Å². The van der Waals surface area contributed by atoms with Crippen LogP contribution in [-0.4, -0.2) is 33.7 Å². The molecule has 0 unspecified atom stereocenters. The Kier molecular flexibility index (Phi) is 11.7. The molecule has 0 saturated heterocycles. The average molecular weight is 544 g/mol. The van der Waals surface area contributed by atoms with Crippen LogP contribution >= 0.6 is 11.3 Å². The minimum atomic E-state index is -0.566. The Morgan fingerprint density at radius 1 is 1.08 bits per heavy atom. The summed E-state index contributed by atoms with van der Waals surface area (Å²) in [5.41, 5.74) is 13.4. The fraction of sp³-hybridized carbons (Fsp3) is 0.423. The number of alkyl carbamates (subject to hydrolysis) is 1. The number of carbonyl (C=O) groups is 3. The highest BCUT2D eigenvalue weighted by atomic mass is 32.1. The molecule has 0 aliphatic carbocycles. The second-order valence-electron chi connectivity index (χ2n) is 9.65. The van der Waals surface area contributed by atoms with Crippen LogP contribution in [0.1, 0.15) is 63.1 Å². The maximum Gasteiger partial charge on any atom is 0.407 e. The first-order valence-corrected chi connectivity index (χ1v) is 13.1. The summed E-state index contributed by atoms with van der Waals surface area (Å²) >= 11 is 1.34. The van der Waals surface area contributed by atoms with Gasteiger partial charge in [-0.25, -0.2) is 4.79 Å². The molecule has 2 aromatic rings. The number of allylic oxidation sites excluding steroid dienone is 3. The molecule has 38 heavy (non-hydrogen) atoms. The lowest BCUT2D eigenvalue weighted by atomic mass is 10.1. The Morgan fingerprint density at radius 3 is 2.53 bits per heavy atom. The summed E-state index contributed by atoms with van der Waals surface area (Å²) in [6.07, 6.45) is 6.01. The number of aryl methyl sites for hydroxylation is 1. The third-order valence-electron chi connectivity index (χ3n) is 4.81. The summed E-state index contributed by atoms with van der Waals surface area (Å²) in [4.78, 5) is 35.3. The molecular formula is C26H37N7O4S. The number of hydrogen-bond acceptors (Lipinski definition) is 9. The summed E-state index contributed by atoms with van der Waals surface area (Å²) in [5.74, 6) is -0.196. The number of nitrogens with two attached hydrogens (primary N) is 2. The van der Waals surface area contributed by atoms with Gasteiger partial charge in [0, 0.05) is 25.6 Å². The highest BCUT2D eigenvalue weighted by Crippen LogP contribution is 2.18. The van der Waals surface area contributed by atoms with Gasteiger partial charge in [-0.1, -0.05) is 35.6 Å². The van der Waals surface area contributed by atoms with Crippen molar-refractivity contribution in [2.24, 2.45) is 11.5 Å². The van der Waals surface area contributed by atoms with Gasteiger partial charge in [0.25, 0.3) is 0 Å². The molecule has 0 bridgehead atoms. The highest BCUT2D eigenvalue weighted by molar-refractivity contribution is 7.15. The van der Waals surface area contributed by atoms with Crippen LogP contribution in [0.4, 0.5) is 9.93 Å². The zero-order valence-corrected chi connectivity index (χ0v) is 23.1. The lowest BCUT2D eigenvalue weighted by Gasteiger charge is -2.19. The molecule has 0 fully saturated rings. The molecule has 12 heteroatoms. The largest absolute Gasteiger partial charge is 0.444 e. The molecule has 0 atom stereocenters. The Balaban J connectivity index is 1.75. The summed E-state index contributed by atoms with van der Waals surface area (Å²) in [5, 5.41) is 17.5. The van der Waals surface area contributed by atoms with E-state index in [0.717, 1.165) is 35.4 Å². The molecule has 2 rings (SSSR count). The topological polar surface area (TPSA) is 174 Å². The van der Waals surface area contributed by atoms with Gasteiger partial charge in [-0.2, -0.15) is 0 Å². The van der Waals surface area contributed by atoms with Gasteiger partial charge in [0.15, 0.2) is 0 Å². The highest BCUT2D eigenvalue weighted by Gasteiger charge is 2.16. The first kappa shape index (κ1) is 30.3. The summed E-state index contributed by atoms with van der Waals surface area (Å²) < 4.78 is 5.24. The number of unbranched alkanes of at least 4 members (excludes halogenated alkanes) is 1. The average Bonchev–Trinajstić information content (AvgIpc) is 3.25. The van der Waals surface area contributed by atoms with Gasteiger partial charge in [-0.3, -0.25) is 9.59 Å². The van der Waals surface area contributed by atoms with Gasteiger partial charge in [0.1, 0.15) is 16.4 Å². The summed E-state index contributed by atoms with van der Waals surface area (Å²) in [6.45, 7) is 7.09. The van der Waals surface area contributed by atoms with E-state index in [-0.39, 0.29) is 24.1 Å². The number of carbonyl (C=O) groups excluding carboxylic acids is 3. The van der Waals surface area contributed by atoms with Crippen LogP contribution in [0.25, 0.3) is 0 Å². The van der Waals surface area contributed by atoms with Gasteiger partial charge in [-0.05, 0) is 63.3 Å². The maximum absolute atomic E-state index is 12.5. The van der Waals surface area contributed by atoms with E-state index in [1.807, 2.05) is 24.3 Å². The Bertz CT molecular complexity index is 1170. The molecule has 206 valence electrons. The van der Waals surface area contributed by atoms with Crippen molar-refractivity contribution >= 4 is 34.4 Å². The molecule has 1 aromatic carbocycles. The SMILES string of the molecule is CC(=O)N/C(N)=C/C=C(\N)CCCCc1nnc(NC(=O)Cc2cccc(CNC(=O)OC(C)(C)C)c2)s1. The number of hydrogen-bond donors (Lipinski definition) is 5. The monoisotopic (exact) mass is 543 g/mol. The number of aromatic nitrogens is 2. The second kappa shape index (κ2) is 14.7. The predicted molar refractivity (Wildman–Crippen MR) is 148 cm³/mol. The van der Waals surface area contributed by atoms with Crippen molar-refractivity contribution < 1.29 is 19.1 Å². The first-order chi connectivity index (χ1) is 17.9. The zero-order chi connectivity index (χ0) is 28.1. The first-order valence-electron chi connectivity index (χ1n) is 12.3. The molecule has 0 spiro atoms. The fourth-order valence-electron chi connectivity index (χ4n) is 3.22. The molecule has 0 aliphatic heterocycles. The smallest absolute Gasteiger partial charge is 0.407 e. The van der Waals surface area contributed by atoms with Crippen LogP contribution in [0.15, 0.2) is 47.9 Å². The molecule has 0 saturated carbocycles. The van der Waals surface area contributed by atoms with Crippen LogP contribution < -0.4 is 27.4 Å². The second-order valence-corrected chi connectivity index (χ2v) is 10.7. The van der Waals surface area contributed by atoms with Gasteiger partial charge in [-0.15, -0.1) is 10.2 Å². The van der Waals surface area contributed by atoms with Crippen molar-refractivity contribution in [3.05, 3.63) is 64.1 Å². The van der Waals surface area contributed by atoms with Gasteiger partial charge in [0.2, 0.25) is 16.9 Å². The number of nitrogens with one attached hydrogen (secondary N) is 3. The van der Waals surface area contributed by atoms with E-state index in [2.05, 4.69) is 26.1 Å². The number of amides is 3. The van der Waals surface area contributed by atoms with E-state index in [1.165, 1.54) is 18.3 Å². The minimum absolute atomic E-state index is 0.168. The van der Waals surface area contributed by atoms with Crippen molar-refractivity contribution in [1.82, 2.24) is 20.8 Å². The fourth-order valence-corrected chi connectivity index (χ4v) is 4.02. The minimum Gasteiger partial charge on any atom is -0.444 e.